The van der Waals surface area contributed by atoms with Crippen molar-refractivity contribution in [3.05, 3.63) is 72.1 Å². The van der Waals surface area contributed by atoms with Crippen LogP contribution >= 0.6 is 0 Å². The van der Waals surface area contributed by atoms with Crippen LogP contribution in [0, 0.1) is 0 Å². The van der Waals surface area contributed by atoms with Gasteiger partial charge in [0, 0.05) is 18.3 Å². The van der Waals surface area contributed by atoms with Crippen molar-refractivity contribution in [2.24, 2.45) is 0 Å². The van der Waals surface area contributed by atoms with E-state index in [2.05, 4.69) is 25.6 Å². The van der Waals surface area contributed by atoms with E-state index in [0.717, 1.165) is 17.7 Å². The average Bonchev–Trinajstić information content (AvgIpc) is 3.17. The molecule has 0 unspecified atom stereocenters. The number of alkyl halides is 3. The van der Waals surface area contributed by atoms with Gasteiger partial charge in [-0.3, -0.25) is 0 Å². The van der Waals surface area contributed by atoms with Crippen LogP contribution in [0.25, 0.3) is 11.2 Å². The van der Waals surface area contributed by atoms with Crippen LogP contribution in [0.2, 0.25) is 0 Å². The average molecular weight is 426 g/mol. The van der Waals surface area contributed by atoms with Crippen molar-refractivity contribution in [2.75, 3.05) is 10.6 Å². The number of hydrogen-bond acceptors (Lipinski definition) is 5. The molecule has 0 aliphatic heterocycles. The molecule has 0 aliphatic rings. The van der Waals surface area contributed by atoms with E-state index in [4.69, 9.17) is 0 Å². The Morgan fingerprint density at radius 2 is 1.68 bits per heavy atom. The van der Waals surface area contributed by atoms with Crippen LogP contribution in [0.15, 0.2) is 60.9 Å². The zero-order valence-electron chi connectivity index (χ0n) is 17.0. The minimum absolute atomic E-state index is 0.126. The van der Waals surface area contributed by atoms with Crippen LogP contribution in [0.3, 0.4) is 0 Å². The van der Waals surface area contributed by atoms with Crippen LogP contribution in [0.4, 0.5) is 30.6 Å². The number of fused-ring (bicyclic) bond motifs is 1. The summed E-state index contributed by atoms with van der Waals surface area (Å²) in [5, 5.41) is 6.29. The van der Waals surface area contributed by atoms with Crippen LogP contribution in [0.5, 0.6) is 0 Å². The third-order valence-corrected chi connectivity index (χ3v) is 4.75. The molecule has 0 amide bonds. The molecule has 2 N–H and O–H groups in total. The Morgan fingerprint density at radius 1 is 0.968 bits per heavy atom. The fraction of sp³-hybridized carbons (Fsp3) is 0.227. The zero-order chi connectivity index (χ0) is 22.0. The molecule has 0 fully saturated rings. The van der Waals surface area contributed by atoms with E-state index in [1.54, 1.807) is 6.33 Å². The Hall–Kier alpha value is -3.62. The summed E-state index contributed by atoms with van der Waals surface area (Å²) in [6, 6.07) is 14.7. The molecule has 9 heteroatoms. The van der Waals surface area contributed by atoms with Crippen LogP contribution in [-0.4, -0.2) is 19.5 Å². The molecule has 31 heavy (non-hydrogen) atoms. The third kappa shape index (κ3) is 4.60. The number of halogens is 3. The van der Waals surface area contributed by atoms with Crippen molar-refractivity contribution in [1.82, 2.24) is 19.5 Å². The number of benzene rings is 2. The highest BCUT2D eigenvalue weighted by molar-refractivity contribution is 5.84. The van der Waals surface area contributed by atoms with E-state index in [9.17, 15) is 13.2 Å². The maximum Gasteiger partial charge on any atom is 0.416 e. The Balaban J connectivity index is 1.67. The first-order valence-corrected chi connectivity index (χ1v) is 9.78. The fourth-order valence-electron chi connectivity index (χ4n) is 3.13. The van der Waals surface area contributed by atoms with Gasteiger partial charge < -0.3 is 15.2 Å². The Bertz CT molecular complexity index is 1170. The second kappa shape index (κ2) is 8.25. The fourth-order valence-corrected chi connectivity index (χ4v) is 3.13. The molecule has 2 aromatic carbocycles. The minimum Gasteiger partial charge on any atom is -0.364 e. The first-order chi connectivity index (χ1) is 14.8. The Morgan fingerprint density at radius 3 is 2.32 bits per heavy atom. The minimum atomic E-state index is -4.38. The predicted octanol–water partition coefficient (Wildman–Crippen LogP) is 5.78. The normalized spacial score (nSPS) is 11.8. The van der Waals surface area contributed by atoms with Crippen LogP contribution < -0.4 is 10.6 Å². The molecule has 0 atom stereocenters. The van der Waals surface area contributed by atoms with Gasteiger partial charge in [-0.15, -0.1) is 0 Å². The highest BCUT2D eigenvalue weighted by Crippen LogP contribution is 2.31. The predicted molar refractivity (Wildman–Crippen MR) is 114 cm³/mol. The summed E-state index contributed by atoms with van der Waals surface area (Å²) in [7, 11) is 0. The van der Waals surface area contributed by atoms with Gasteiger partial charge in [0.2, 0.25) is 5.95 Å². The summed E-state index contributed by atoms with van der Waals surface area (Å²) < 4.78 is 40.4. The lowest BCUT2D eigenvalue weighted by Gasteiger charge is -2.13. The lowest BCUT2D eigenvalue weighted by atomic mass is 10.2. The van der Waals surface area contributed by atoms with Gasteiger partial charge in [-0.25, -0.2) is 4.98 Å². The molecule has 4 rings (SSSR count). The van der Waals surface area contributed by atoms with E-state index in [-0.39, 0.29) is 12.0 Å². The van der Waals surface area contributed by atoms with Gasteiger partial charge in [-0.1, -0.05) is 30.3 Å². The molecule has 0 saturated heterocycles. The summed E-state index contributed by atoms with van der Waals surface area (Å²) in [6.45, 7) is 4.58. The first-order valence-electron chi connectivity index (χ1n) is 9.78. The van der Waals surface area contributed by atoms with E-state index in [0.29, 0.717) is 29.2 Å². The SMILES string of the molecule is CC(C)n1cnc2c(NCc3ccccc3)nc(Nc3ccc(C(F)(F)F)cc3)nc21. The molecule has 0 spiro atoms. The standard InChI is InChI=1S/C22H21F3N6/c1-14(2)31-13-27-18-19(26-12-15-6-4-3-5-7-15)29-21(30-20(18)31)28-17-10-8-16(9-11-17)22(23,24)25/h3-11,13-14H,12H2,1-2H3,(H2,26,28,29,30). The van der Waals surface area contributed by atoms with E-state index >= 15 is 0 Å². The molecule has 2 aromatic heterocycles. The van der Waals surface area contributed by atoms with Crippen molar-refractivity contribution in [3.63, 3.8) is 0 Å². The maximum atomic E-state index is 12.8. The number of nitrogens with one attached hydrogen (secondary N) is 2. The summed E-state index contributed by atoms with van der Waals surface area (Å²) in [5.41, 5.74) is 2.09. The molecule has 0 bridgehead atoms. The highest BCUT2D eigenvalue weighted by atomic mass is 19.4. The zero-order valence-corrected chi connectivity index (χ0v) is 17.0. The number of hydrogen-bond donors (Lipinski definition) is 2. The summed E-state index contributed by atoms with van der Waals surface area (Å²) >= 11 is 0. The number of imidazole rings is 1. The number of anilines is 3. The summed E-state index contributed by atoms with van der Waals surface area (Å²) in [6.07, 6.45) is -2.67. The molecule has 0 saturated carbocycles. The first kappa shape index (κ1) is 20.6. The molecular formula is C22H21F3N6. The second-order valence-electron chi connectivity index (χ2n) is 7.35. The number of rotatable bonds is 6. The van der Waals surface area contributed by atoms with Gasteiger partial charge in [0.05, 0.1) is 11.9 Å². The van der Waals surface area contributed by atoms with Crippen LogP contribution in [-0.2, 0) is 12.7 Å². The topological polar surface area (TPSA) is 67.7 Å². The maximum absolute atomic E-state index is 12.8. The molecule has 0 radical (unpaired) electrons. The van der Waals surface area contributed by atoms with Crippen molar-refractivity contribution in [1.29, 1.82) is 0 Å². The van der Waals surface area contributed by atoms with Crippen LogP contribution in [0.1, 0.15) is 31.0 Å². The molecule has 4 aromatic rings. The summed E-state index contributed by atoms with van der Waals surface area (Å²) in [5.74, 6) is 0.813. The quantitative estimate of drug-likeness (QED) is 0.409. The number of aromatic nitrogens is 4. The summed E-state index contributed by atoms with van der Waals surface area (Å²) in [4.78, 5) is 13.5. The van der Waals surface area contributed by atoms with E-state index < -0.39 is 11.7 Å². The van der Waals surface area contributed by atoms with Crippen molar-refractivity contribution in [3.8, 4) is 0 Å². The lowest BCUT2D eigenvalue weighted by Crippen LogP contribution is -2.08. The molecule has 6 nitrogen and oxygen atoms in total. The van der Waals surface area contributed by atoms with Crippen molar-refractivity contribution >= 4 is 28.6 Å². The second-order valence-corrected chi connectivity index (χ2v) is 7.35. The molecule has 2 heterocycles. The van der Waals surface area contributed by atoms with Gasteiger partial charge >= 0.3 is 6.18 Å². The van der Waals surface area contributed by atoms with Crippen molar-refractivity contribution < 1.29 is 13.2 Å². The van der Waals surface area contributed by atoms with E-state index in [1.807, 2.05) is 48.7 Å². The van der Waals surface area contributed by atoms with Gasteiger partial charge in [0.15, 0.2) is 17.0 Å². The van der Waals surface area contributed by atoms with E-state index in [1.165, 1.54) is 12.1 Å². The van der Waals surface area contributed by atoms with Gasteiger partial charge in [0.25, 0.3) is 0 Å². The largest absolute Gasteiger partial charge is 0.416 e. The Kier molecular flexibility index (Phi) is 5.50. The number of nitrogens with zero attached hydrogens (tertiary/aromatic N) is 4. The molecule has 0 aliphatic carbocycles. The monoisotopic (exact) mass is 426 g/mol. The molecule has 160 valence electrons. The van der Waals surface area contributed by atoms with Gasteiger partial charge in [0.1, 0.15) is 0 Å². The smallest absolute Gasteiger partial charge is 0.364 e. The van der Waals surface area contributed by atoms with Gasteiger partial charge in [-0.2, -0.15) is 23.1 Å². The third-order valence-electron chi connectivity index (χ3n) is 4.75. The lowest BCUT2D eigenvalue weighted by molar-refractivity contribution is -0.137. The molecular weight excluding hydrogens is 405 g/mol. The Labute approximate surface area is 177 Å². The van der Waals surface area contributed by atoms with Gasteiger partial charge in [-0.05, 0) is 43.7 Å². The van der Waals surface area contributed by atoms with Crippen molar-refractivity contribution in [2.45, 2.75) is 32.6 Å². The highest BCUT2D eigenvalue weighted by Gasteiger charge is 2.30.